The van der Waals surface area contributed by atoms with Crippen LogP contribution in [0.2, 0.25) is 0 Å². The van der Waals surface area contributed by atoms with Crippen molar-refractivity contribution < 1.29 is 0 Å². The quantitative estimate of drug-likeness (QED) is 0.807. The van der Waals surface area contributed by atoms with E-state index in [2.05, 4.69) is 23.8 Å². The summed E-state index contributed by atoms with van der Waals surface area (Å²) in [7, 11) is 3.97. The third-order valence-electron chi connectivity index (χ3n) is 2.16. The van der Waals surface area contributed by atoms with Gasteiger partial charge in [-0.25, -0.2) is 9.97 Å². The first kappa shape index (κ1) is 11.9. The van der Waals surface area contributed by atoms with Gasteiger partial charge >= 0.3 is 0 Å². The molecule has 2 N–H and O–H groups in total. The summed E-state index contributed by atoms with van der Waals surface area (Å²) >= 11 is 0. The molecular formula is C11H20N4. The minimum atomic E-state index is 0.349. The van der Waals surface area contributed by atoms with Gasteiger partial charge in [-0.3, -0.25) is 0 Å². The summed E-state index contributed by atoms with van der Waals surface area (Å²) in [5.41, 5.74) is 6.57. The van der Waals surface area contributed by atoms with E-state index in [1.165, 1.54) is 0 Å². The van der Waals surface area contributed by atoms with Gasteiger partial charge in [-0.15, -0.1) is 0 Å². The van der Waals surface area contributed by atoms with Gasteiger partial charge < -0.3 is 10.6 Å². The average Bonchev–Trinajstić information content (AvgIpc) is 2.17. The Labute approximate surface area is 91.5 Å². The minimum absolute atomic E-state index is 0.349. The van der Waals surface area contributed by atoms with E-state index in [4.69, 9.17) is 5.73 Å². The Bertz CT molecular complexity index is 294. The van der Waals surface area contributed by atoms with Gasteiger partial charge in [0.05, 0.1) is 0 Å². The molecule has 1 aromatic rings. The summed E-state index contributed by atoms with van der Waals surface area (Å²) < 4.78 is 0. The monoisotopic (exact) mass is 208 g/mol. The first-order valence-electron chi connectivity index (χ1n) is 5.29. The van der Waals surface area contributed by atoms with Gasteiger partial charge in [-0.05, 0) is 6.54 Å². The van der Waals surface area contributed by atoms with Crippen molar-refractivity contribution in [3.8, 4) is 0 Å². The lowest BCUT2D eigenvalue weighted by Gasteiger charge is -2.15. The second kappa shape index (κ2) is 5.07. The molecule has 0 bridgehead atoms. The highest BCUT2D eigenvalue weighted by Crippen LogP contribution is 2.15. The van der Waals surface area contributed by atoms with Crippen molar-refractivity contribution >= 4 is 5.82 Å². The fourth-order valence-corrected chi connectivity index (χ4v) is 1.27. The number of anilines is 1. The Morgan fingerprint density at radius 3 is 2.47 bits per heavy atom. The number of aromatic nitrogens is 2. The van der Waals surface area contributed by atoms with Crippen LogP contribution in [0.3, 0.4) is 0 Å². The molecule has 0 radical (unpaired) electrons. The van der Waals surface area contributed by atoms with E-state index in [1.807, 2.05) is 25.1 Å². The van der Waals surface area contributed by atoms with Crippen LogP contribution in [0.4, 0.5) is 5.82 Å². The molecule has 0 atom stereocenters. The molecule has 0 aromatic carbocycles. The molecular weight excluding hydrogens is 188 g/mol. The molecule has 0 saturated carbocycles. The van der Waals surface area contributed by atoms with E-state index in [9.17, 15) is 0 Å². The smallest absolute Gasteiger partial charge is 0.133 e. The lowest BCUT2D eigenvalue weighted by Crippen LogP contribution is -2.15. The zero-order valence-electron chi connectivity index (χ0n) is 9.99. The fourth-order valence-electron chi connectivity index (χ4n) is 1.27. The summed E-state index contributed by atoms with van der Waals surface area (Å²) in [6.07, 6.45) is 0.809. The Hall–Kier alpha value is -1.16. The SMILES string of the molecule is CC(C)c1nc(CCN)cc(N(C)C)n1. The van der Waals surface area contributed by atoms with Crippen LogP contribution in [0.1, 0.15) is 31.3 Å². The molecule has 0 aliphatic heterocycles. The van der Waals surface area contributed by atoms with E-state index >= 15 is 0 Å². The zero-order chi connectivity index (χ0) is 11.4. The molecule has 1 aromatic heterocycles. The van der Waals surface area contributed by atoms with E-state index in [-0.39, 0.29) is 0 Å². The molecule has 0 aliphatic carbocycles. The van der Waals surface area contributed by atoms with Crippen molar-refractivity contribution in [2.75, 3.05) is 25.5 Å². The maximum atomic E-state index is 5.54. The molecule has 0 saturated heterocycles. The zero-order valence-corrected chi connectivity index (χ0v) is 9.99. The standard InChI is InChI=1S/C11H20N4/c1-8(2)11-13-9(5-6-12)7-10(14-11)15(3)4/h7-8H,5-6,12H2,1-4H3. The van der Waals surface area contributed by atoms with Gasteiger partial charge in [0.15, 0.2) is 0 Å². The summed E-state index contributed by atoms with van der Waals surface area (Å²) in [6, 6.07) is 2.00. The molecule has 84 valence electrons. The van der Waals surface area contributed by atoms with Gasteiger partial charge in [0.1, 0.15) is 11.6 Å². The van der Waals surface area contributed by atoms with Crippen molar-refractivity contribution in [3.63, 3.8) is 0 Å². The summed E-state index contributed by atoms with van der Waals surface area (Å²) in [5, 5.41) is 0. The summed E-state index contributed by atoms with van der Waals surface area (Å²) in [6.45, 7) is 4.82. The fraction of sp³-hybridized carbons (Fsp3) is 0.636. The number of nitrogens with zero attached hydrogens (tertiary/aromatic N) is 3. The third kappa shape index (κ3) is 3.16. The highest BCUT2D eigenvalue weighted by Gasteiger charge is 2.08. The topological polar surface area (TPSA) is 55.0 Å². The number of hydrogen-bond donors (Lipinski definition) is 1. The first-order valence-corrected chi connectivity index (χ1v) is 5.29. The molecule has 4 heteroatoms. The van der Waals surface area contributed by atoms with Crippen LogP contribution in [-0.2, 0) is 6.42 Å². The summed E-state index contributed by atoms with van der Waals surface area (Å²) in [4.78, 5) is 11.0. The Kier molecular flexibility index (Phi) is 4.03. The molecule has 1 heterocycles. The van der Waals surface area contributed by atoms with Gasteiger partial charge in [-0.2, -0.15) is 0 Å². The van der Waals surface area contributed by atoms with E-state index in [1.54, 1.807) is 0 Å². The second-order valence-electron chi connectivity index (χ2n) is 4.16. The Morgan fingerprint density at radius 2 is 2.00 bits per heavy atom. The second-order valence-corrected chi connectivity index (χ2v) is 4.16. The lowest BCUT2D eigenvalue weighted by atomic mass is 10.2. The Morgan fingerprint density at radius 1 is 1.33 bits per heavy atom. The van der Waals surface area contributed by atoms with Gasteiger partial charge in [0.25, 0.3) is 0 Å². The largest absolute Gasteiger partial charge is 0.363 e. The van der Waals surface area contributed by atoms with Crippen LogP contribution in [0, 0.1) is 0 Å². The van der Waals surface area contributed by atoms with Crippen LogP contribution < -0.4 is 10.6 Å². The third-order valence-corrected chi connectivity index (χ3v) is 2.16. The molecule has 0 unspecified atom stereocenters. The molecule has 0 aliphatic rings. The van der Waals surface area contributed by atoms with Crippen molar-refractivity contribution in [3.05, 3.63) is 17.6 Å². The number of rotatable bonds is 4. The molecule has 0 fully saturated rings. The molecule has 0 spiro atoms. The maximum absolute atomic E-state index is 5.54. The van der Waals surface area contributed by atoms with E-state index in [0.29, 0.717) is 12.5 Å². The van der Waals surface area contributed by atoms with Crippen LogP contribution in [0.25, 0.3) is 0 Å². The van der Waals surface area contributed by atoms with Crippen LogP contribution in [-0.4, -0.2) is 30.6 Å². The normalized spacial score (nSPS) is 10.8. The number of nitrogens with two attached hydrogens (primary N) is 1. The number of hydrogen-bond acceptors (Lipinski definition) is 4. The van der Waals surface area contributed by atoms with Crippen LogP contribution in [0.5, 0.6) is 0 Å². The van der Waals surface area contributed by atoms with E-state index in [0.717, 1.165) is 23.8 Å². The van der Waals surface area contributed by atoms with Crippen LogP contribution >= 0.6 is 0 Å². The highest BCUT2D eigenvalue weighted by molar-refractivity contribution is 5.38. The first-order chi connectivity index (χ1) is 7.04. The van der Waals surface area contributed by atoms with Gasteiger partial charge in [0.2, 0.25) is 0 Å². The molecule has 0 amide bonds. The lowest BCUT2D eigenvalue weighted by molar-refractivity contribution is 0.749. The van der Waals surface area contributed by atoms with Crippen molar-refractivity contribution in [2.24, 2.45) is 5.73 Å². The predicted octanol–water partition coefficient (Wildman–Crippen LogP) is 1.17. The van der Waals surface area contributed by atoms with Crippen molar-refractivity contribution in [1.82, 2.24) is 9.97 Å². The maximum Gasteiger partial charge on any atom is 0.133 e. The Balaban J connectivity index is 3.08. The van der Waals surface area contributed by atoms with Crippen molar-refractivity contribution in [2.45, 2.75) is 26.2 Å². The average molecular weight is 208 g/mol. The van der Waals surface area contributed by atoms with Crippen molar-refractivity contribution in [1.29, 1.82) is 0 Å². The van der Waals surface area contributed by atoms with E-state index < -0.39 is 0 Å². The highest BCUT2D eigenvalue weighted by atomic mass is 15.1. The van der Waals surface area contributed by atoms with Gasteiger partial charge in [0, 0.05) is 38.2 Å². The molecule has 4 nitrogen and oxygen atoms in total. The molecule has 1 rings (SSSR count). The minimum Gasteiger partial charge on any atom is -0.363 e. The van der Waals surface area contributed by atoms with Gasteiger partial charge in [-0.1, -0.05) is 13.8 Å². The molecule has 15 heavy (non-hydrogen) atoms. The summed E-state index contributed by atoms with van der Waals surface area (Å²) in [5.74, 6) is 2.20. The predicted molar refractivity (Wildman–Crippen MR) is 63.2 cm³/mol. The van der Waals surface area contributed by atoms with Crippen LogP contribution in [0.15, 0.2) is 6.07 Å².